The van der Waals surface area contributed by atoms with Crippen LogP contribution in [0.25, 0.3) is 6.08 Å². The molecule has 1 aliphatic rings. The highest BCUT2D eigenvalue weighted by molar-refractivity contribution is 5.91. The molecule has 2 aromatic rings. The highest BCUT2D eigenvalue weighted by Crippen LogP contribution is 2.20. The lowest BCUT2D eigenvalue weighted by molar-refractivity contribution is -0.116. The van der Waals surface area contributed by atoms with Gasteiger partial charge in [0.25, 0.3) is 0 Å². The number of aliphatic hydroxyl groups excluding tert-OH is 1. The number of furan rings is 1. The average molecular weight is 326 g/mol. The summed E-state index contributed by atoms with van der Waals surface area (Å²) < 4.78 is 5.15. The zero-order chi connectivity index (χ0) is 16.8. The van der Waals surface area contributed by atoms with Crippen LogP contribution in [0.15, 0.2) is 59.2 Å². The normalized spacial score (nSPS) is 21.4. The predicted molar refractivity (Wildman–Crippen MR) is 92.0 cm³/mol. The van der Waals surface area contributed by atoms with Gasteiger partial charge in [0.2, 0.25) is 5.91 Å². The highest BCUT2D eigenvalue weighted by atomic mass is 16.3. The first-order chi connectivity index (χ1) is 11.7. The molecule has 0 bridgehead atoms. The number of hydrogen-bond donors (Lipinski definition) is 2. The van der Waals surface area contributed by atoms with Gasteiger partial charge in [-0.1, -0.05) is 30.3 Å². The quantitative estimate of drug-likeness (QED) is 0.798. The molecular weight excluding hydrogens is 304 g/mol. The van der Waals surface area contributed by atoms with Gasteiger partial charge in [-0.3, -0.25) is 9.69 Å². The molecule has 1 aromatic carbocycles. The van der Waals surface area contributed by atoms with Gasteiger partial charge in [-0.25, -0.2) is 0 Å². The van der Waals surface area contributed by atoms with Crippen LogP contribution in [0.1, 0.15) is 17.7 Å². The van der Waals surface area contributed by atoms with Crippen molar-refractivity contribution in [2.45, 2.75) is 25.1 Å². The molecule has 1 fully saturated rings. The monoisotopic (exact) mass is 326 g/mol. The molecule has 2 unspecified atom stereocenters. The van der Waals surface area contributed by atoms with Crippen molar-refractivity contribution >= 4 is 12.0 Å². The van der Waals surface area contributed by atoms with Crippen molar-refractivity contribution in [2.75, 3.05) is 13.1 Å². The van der Waals surface area contributed by atoms with Crippen molar-refractivity contribution in [3.63, 3.8) is 0 Å². The number of carbonyl (C=O) groups is 1. The van der Waals surface area contributed by atoms with Crippen molar-refractivity contribution in [1.82, 2.24) is 10.2 Å². The molecule has 126 valence electrons. The molecule has 1 amide bonds. The van der Waals surface area contributed by atoms with Crippen LogP contribution in [0.3, 0.4) is 0 Å². The minimum absolute atomic E-state index is 0.140. The highest BCUT2D eigenvalue weighted by Gasteiger charge is 2.30. The Hall–Kier alpha value is -2.37. The number of rotatable bonds is 6. The fourth-order valence-corrected chi connectivity index (χ4v) is 3.00. The van der Waals surface area contributed by atoms with E-state index in [4.69, 9.17) is 4.42 Å². The van der Waals surface area contributed by atoms with E-state index in [1.807, 2.05) is 18.2 Å². The van der Waals surface area contributed by atoms with E-state index in [9.17, 15) is 9.90 Å². The van der Waals surface area contributed by atoms with Crippen LogP contribution in [0.2, 0.25) is 0 Å². The molecule has 0 aliphatic carbocycles. The fraction of sp³-hybridized carbons (Fsp3) is 0.316. The van der Waals surface area contributed by atoms with Crippen LogP contribution in [0.4, 0.5) is 0 Å². The lowest BCUT2D eigenvalue weighted by Crippen LogP contribution is -2.39. The van der Waals surface area contributed by atoms with Gasteiger partial charge in [-0.15, -0.1) is 0 Å². The van der Waals surface area contributed by atoms with Gasteiger partial charge in [0.05, 0.1) is 12.4 Å². The smallest absolute Gasteiger partial charge is 0.244 e. The molecule has 1 saturated heterocycles. The number of likely N-dealkylation sites (tertiary alicyclic amines) is 1. The third-order valence-corrected chi connectivity index (χ3v) is 4.19. The van der Waals surface area contributed by atoms with E-state index < -0.39 is 0 Å². The van der Waals surface area contributed by atoms with Crippen LogP contribution in [-0.2, 0) is 11.3 Å². The van der Waals surface area contributed by atoms with Crippen LogP contribution >= 0.6 is 0 Å². The average Bonchev–Trinajstić information content (AvgIpc) is 3.22. The summed E-state index contributed by atoms with van der Waals surface area (Å²) in [6.45, 7) is 1.93. The molecule has 2 heterocycles. The molecule has 1 aliphatic heterocycles. The Morgan fingerprint density at radius 1 is 1.29 bits per heavy atom. The first-order valence-electron chi connectivity index (χ1n) is 8.16. The van der Waals surface area contributed by atoms with Crippen LogP contribution in [0.5, 0.6) is 0 Å². The second-order valence-electron chi connectivity index (χ2n) is 6.05. The second-order valence-corrected chi connectivity index (χ2v) is 6.05. The molecule has 24 heavy (non-hydrogen) atoms. The summed E-state index contributed by atoms with van der Waals surface area (Å²) in [5.74, 6) is 0.486. The SMILES string of the molecule is O=C(C=Cc1ccco1)NCC1CC(O)CN1Cc1ccccc1. The molecule has 5 heteroatoms. The van der Waals surface area contributed by atoms with Crippen LogP contribution in [0, 0.1) is 0 Å². The molecular formula is C19H22N2O3. The van der Waals surface area contributed by atoms with E-state index in [2.05, 4.69) is 22.3 Å². The van der Waals surface area contributed by atoms with Crippen molar-refractivity contribution in [2.24, 2.45) is 0 Å². The van der Waals surface area contributed by atoms with Crippen LogP contribution in [-0.4, -0.2) is 41.1 Å². The lowest BCUT2D eigenvalue weighted by atomic mass is 10.1. The Labute approximate surface area is 141 Å². The van der Waals surface area contributed by atoms with Crippen molar-refractivity contribution in [3.05, 3.63) is 66.1 Å². The van der Waals surface area contributed by atoms with E-state index in [1.54, 1.807) is 24.5 Å². The van der Waals surface area contributed by atoms with Gasteiger partial charge in [0, 0.05) is 31.8 Å². The second kappa shape index (κ2) is 7.95. The molecule has 2 N–H and O–H groups in total. The largest absolute Gasteiger partial charge is 0.465 e. The van der Waals surface area contributed by atoms with E-state index >= 15 is 0 Å². The zero-order valence-corrected chi connectivity index (χ0v) is 13.5. The van der Waals surface area contributed by atoms with E-state index in [0.29, 0.717) is 25.3 Å². The Kier molecular flexibility index (Phi) is 5.46. The topological polar surface area (TPSA) is 65.7 Å². The molecule has 3 rings (SSSR count). The van der Waals surface area contributed by atoms with Gasteiger partial charge >= 0.3 is 0 Å². The number of nitrogens with one attached hydrogen (secondary N) is 1. The van der Waals surface area contributed by atoms with Crippen molar-refractivity contribution in [3.8, 4) is 0 Å². The fourth-order valence-electron chi connectivity index (χ4n) is 3.00. The molecule has 0 saturated carbocycles. The van der Waals surface area contributed by atoms with E-state index in [0.717, 1.165) is 6.54 Å². The number of benzene rings is 1. The Morgan fingerprint density at radius 2 is 2.12 bits per heavy atom. The molecule has 1 aromatic heterocycles. The predicted octanol–water partition coefficient (Wildman–Crippen LogP) is 2.04. The summed E-state index contributed by atoms with van der Waals surface area (Å²) in [5, 5.41) is 12.9. The maximum Gasteiger partial charge on any atom is 0.244 e. The number of hydrogen-bond acceptors (Lipinski definition) is 4. The van der Waals surface area contributed by atoms with Gasteiger partial charge in [0.1, 0.15) is 5.76 Å². The van der Waals surface area contributed by atoms with Gasteiger partial charge in [-0.2, -0.15) is 0 Å². The number of aliphatic hydroxyl groups is 1. The third-order valence-electron chi connectivity index (χ3n) is 4.19. The summed E-state index contributed by atoms with van der Waals surface area (Å²) in [6, 6.07) is 13.9. The number of β-amino-alcohol motifs (C(OH)–C–C–N with tert-alkyl or cyclic N) is 1. The molecule has 0 radical (unpaired) electrons. The zero-order valence-electron chi connectivity index (χ0n) is 13.5. The lowest BCUT2D eigenvalue weighted by Gasteiger charge is -2.24. The summed E-state index contributed by atoms with van der Waals surface area (Å²) in [5.41, 5.74) is 1.21. The van der Waals surface area contributed by atoms with Gasteiger partial charge < -0.3 is 14.8 Å². The van der Waals surface area contributed by atoms with E-state index in [1.165, 1.54) is 11.6 Å². The van der Waals surface area contributed by atoms with Crippen molar-refractivity contribution in [1.29, 1.82) is 0 Å². The maximum atomic E-state index is 11.9. The van der Waals surface area contributed by atoms with Gasteiger partial charge in [-0.05, 0) is 30.2 Å². The van der Waals surface area contributed by atoms with Crippen molar-refractivity contribution < 1.29 is 14.3 Å². The first kappa shape index (κ1) is 16.5. The third kappa shape index (κ3) is 4.57. The minimum atomic E-state index is -0.339. The summed E-state index contributed by atoms with van der Waals surface area (Å²) >= 11 is 0. The summed E-state index contributed by atoms with van der Waals surface area (Å²) in [6.07, 6.45) is 5.01. The molecule has 0 spiro atoms. The Balaban J connectivity index is 1.52. The Morgan fingerprint density at radius 3 is 2.88 bits per heavy atom. The number of nitrogens with zero attached hydrogens (tertiary/aromatic N) is 1. The Bertz CT molecular complexity index is 667. The molecule has 2 atom stereocenters. The standard InChI is InChI=1S/C19H22N2O3/c22-17-11-16(21(14-17)13-15-5-2-1-3-6-15)12-20-19(23)9-8-18-7-4-10-24-18/h1-10,16-17,22H,11-14H2,(H,20,23). The first-order valence-corrected chi connectivity index (χ1v) is 8.16. The number of amides is 1. The van der Waals surface area contributed by atoms with Crippen LogP contribution < -0.4 is 5.32 Å². The van der Waals surface area contributed by atoms with Gasteiger partial charge in [0.15, 0.2) is 0 Å². The van der Waals surface area contributed by atoms with E-state index in [-0.39, 0.29) is 18.1 Å². The number of carbonyl (C=O) groups excluding carboxylic acids is 1. The minimum Gasteiger partial charge on any atom is -0.465 e. The summed E-state index contributed by atoms with van der Waals surface area (Å²) in [4.78, 5) is 14.1. The maximum absolute atomic E-state index is 11.9. The molecule has 5 nitrogen and oxygen atoms in total. The summed E-state index contributed by atoms with van der Waals surface area (Å²) in [7, 11) is 0.